The first-order chi connectivity index (χ1) is 16.9. The molecule has 35 heavy (non-hydrogen) atoms. The van der Waals surface area contributed by atoms with Crippen LogP contribution in [-0.2, 0) is 10.3 Å². The van der Waals surface area contributed by atoms with E-state index in [0.717, 1.165) is 17.0 Å². The van der Waals surface area contributed by atoms with Gasteiger partial charge in [-0.2, -0.15) is 5.10 Å². The lowest BCUT2D eigenvalue weighted by atomic mass is 10.0. The predicted molar refractivity (Wildman–Crippen MR) is 131 cm³/mol. The zero-order chi connectivity index (χ0) is 24.6. The number of fused-ring (bicyclic) bond motifs is 1. The Bertz CT molecular complexity index is 1290. The summed E-state index contributed by atoms with van der Waals surface area (Å²) in [4.78, 5) is 30.4. The number of aromatic nitrogens is 2. The zero-order valence-electron chi connectivity index (χ0n) is 20.1. The van der Waals surface area contributed by atoms with Crippen LogP contribution in [0.1, 0.15) is 13.8 Å². The Labute approximate surface area is 203 Å². The number of hydrogen-bond acceptors (Lipinski definition) is 7. The van der Waals surface area contributed by atoms with Crippen LogP contribution in [0.3, 0.4) is 0 Å². The van der Waals surface area contributed by atoms with Crippen molar-refractivity contribution in [1.82, 2.24) is 14.7 Å². The monoisotopic (exact) mass is 476 g/mol. The molecule has 0 atom stereocenters. The minimum Gasteiger partial charge on any atom is -0.497 e. The molecule has 0 spiro atoms. The van der Waals surface area contributed by atoms with E-state index in [0.29, 0.717) is 43.4 Å². The van der Waals surface area contributed by atoms with Crippen LogP contribution >= 0.6 is 0 Å². The molecule has 0 unspecified atom stereocenters. The molecule has 0 bridgehead atoms. The Balaban J connectivity index is 1.33. The van der Waals surface area contributed by atoms with Gasteiger partial charge in [-0.25, -0.2) is 4.68 Å². The van der Waals surface area contributed by atoms with Crippen molar-refractivity contribution in [2.45, 2.75) is 19.4 Å². The Morgan fingerprint density at radius 3 is 2.37 bits per heavy atom. The van der Waals surface area contributed by atoms with Crippen LogP contribution in [0.15, 0.2) is 59.4 Å². The predicted octanol–water partition coefficient (Wildman–Crippen LogP) is 2.73. The van der Waals surface area contributed by atoms with Crippen molar-refractivity contribution in [3.8, 4) is 28.5 Å². The van der Waals surface area contributed by atoms with Crippen LogP contribution in [0.5, 0.6) is 17.2 Å². The first-order valence-electron chi connectivity index (χ1n) is 11.6. The quantitative estimate of drug-likeness (QED) is 0.560. The maximum absolute atomic E-state index is 13.6. The molecule has 3 aromatic rings. The van der Waals surface area contributed by atoms with E-state index in [1.54, 1.807) is 31.9 Å². The molecule has 0 saturated carbocycles. The van der Waals surface area contributed by atoms with Gasteiger partial charge < -0.3 is 24.0 Å². The summed E-state index contributed by atoms with van der Waals surface area (Å²) in [7, 11) is 1.64. The fraction of sp³-hybridized carbons (Fsp3) is 0.346. The molecule has 1 fully saturated rings. The van der Waals surface area contributed by atoms with Crippen molar-refractivity contribution >= 4 is 11.6 Å². The SMILES string of the molecule is COc1ccc(N2CCN(C(=O)C(C)(C)n3nc(-c4ccc5c(c4)OCO5)ccc3=O)CC2)cc1. The van der Waals surface area contributed by atoms with Gasteiger partial charge in [0.05, 0.1) is 12.8 Å². The molecule has 182 valence electrons. The van der Waals surface area contributed by atoms with Crippen molar-refractivity contribution in [2.24, 2.45) is 0 Å². The summed E-state index contributed by atoms with van der Waals surface area (Å²) in [5.74, 6) is 1.98. The summed E-state index contributed by atoms with van der Waals surface area (Å²) in [6, 6.07) is 16.5. The molecule has 2 aliphatic heterocycles. The normalized spacial score (nSPS) is 15.3. The topological polar surface area (TPSA) is 86.1 Å². The van der Waals surface area contributed by atoms with Gasteiger partial charge in [0.1, 0.15) is 11.3 Å². The molecule has 9 nitrogen and oxygen atoms in total. The lowest BCUT2D eigenvalue weighted by molar-refractivity contribution is -0.140. The van der Waals surface area contributed by atoms with Gasteiger partial charge in [-0.05, 0) is 62.4 Å². The van der Waals surface area contributed by atoms with E-state index in [1.165, 1.54) is 10.7 Å². The first-order valence-corrected chi connectivity index (χ1v) is 11.6. The van der Waals surface area contributed by atoms with E-state index in [4.69, 9.17) is 14.2 Å². The average molecular weight is 477 g/mol. The van der Waals surface area contributed by atoms with Gasteiger partial charge in [-0.15, -0.1) is 0 Å². The second-order valence-corrected chi connectivity index (χ2v) is 9.07. The third-order valence-corrected chi connectivity index (χ3v) is 6.53. The number of carbonyl (C=O) groups is 1. The highest BCUT2D eigenvalue weighted by Gasteiger charge is 2.37. The van der Waals surface area contributed by atoms with Crippen LogP contribution in [-0.4, -0.2) is 60.7 Å². The molecular weight excluding hydrogens is 448 g/mol. The summed E-state index contributed by atoms with van der Waals surface area (Å²) < 4.78 is 17.4. The molecule has 0 radical (unpaired) electrons. The fourth-order valence-electron chi connectivity index (χ4n) is 4.46. The van der Waals surface area contributed by atoms with Gasteiger partial charge in [-0.1, -0.05) is 0 Å². The third-order valence-electron chi connectivity index (χ3n) is 6.53. The summed E-state index contributed by atoms with van der Waals surface area (Å²) in [5.41, 5.74) is 0.967. The van der Waals surface area contributed by atoms with Crippen LogP contribution in [0, 0.1) is 0 Å². The number of methoxy groups -OCH3 is 1. The van der Waals surface area contributed by atoms with Crippen LogP contribution in [0.2, 0.25) is 0 Å². The number of benzene rings is 2. The van der Waals surface area contributed by atoms with Crippen molar-refractivity contribution in [3.05, 3.63) is 65.0 Å². The Morgan fingerprint density at radius 1 is 0.943 bits per heavy atom. The average Bonchev–Trinajstić information content (AvgIpc) is 3.36. The zero-order valence-corrected chi connectivity index (χ0v) is 20.1. The first kappa shape index (κ1) is 22.8. The van der Waals surface area contributed by atoms with Gasteiger partial charge in [0, 0.05) is 43.5 Å². The highest BCUT2D eigenvalue weighted by atomic mass is 16.7. The Morgan fingerprint density at radius 2 is 1.66 bits per heavy atom. The number of nitrogens with zero attached hydrogens (tertiary/aromatic N) is 4. The van der Waals surface area contributed by atoms with Crippen molar-refractivity contribution in [1.29, 1.82) is 0 Å². The van der Waals surface area contributed by atoms with Gasteiger partial charge >= 0.3 is 0 Å². The van der Waals surface area contributed by atoms with E-state index in [9.17, 15) is 9.59 Å². The van der Waals surface area contributed by atoms with Crippen molar-refractivity contribution < 1.29 is 19.0 Å². The summed E-state index contributed by atoms with van der Waals surface area (Å²) >= 11 is 0. The number of hydrogen-bond donors (Lipinski definition) is 0. The number of amides is 1. The van der Waals surface area contributed by atoms with Crippen molar-refractivity contribution in [2.75, 3.05) is 45.0 Å². The van der Waals surface area contributed by atoms with E-state index in [1.807, 2.05) is 42.5 Å². The number of rotatable bonds is 5. The Kier molecular flexibility index (Phi) is 5.84. The molecule has 5 rings (SSSR count). The Hall–Kier alpha value is -4.01. The summed E-state index contributed by atoms with van der Waals surface area (Å²) in [5, 5.41) is 4.57. The lowest BCUT2D eigenvalue weighted by Crippen LogP contribution is -2.56. The number of ether oxygens (including phenoxy) is 3. The van der Waals surface area contributed by atoms with Crippen molar-refractivity contribution in [3.63, 3.8) is 0 Å². The van der Waals surface area contributed by atoms with Gasteiger partial charge in [0.25, 0.3) is 5.56 Å². The van der Waals surface area contributed by atoms with Crippen LogP contribution in [0.25, 0.3) is 11.3 Å². The summed E-state index contributed by atoms with van der Waals surface area (Å²) in [6.45, 7) is 6.18. The highest BCUT2D eigenvalue weighted by Crippen LogP contribution is 2.35. The molecular formula is C26H28N4O5. The second-order valence-electron chi connectivity index (χ2n) is 9.07. The molecule has 9 heteroatoms. The van der Waals surface area contributed by atoms with Gasteiger partial charge in [0.15, 0.2) is 11.5 Å². The fourth-order valence-corrected chi connectivity index (χ4v) is 4.46. The van der Waals surface area contributed by atoms with Gasteiger partial charge in [-0.3, -0.25) is 9.59 Å². The minimum absolute atomic E-state index is 0.135. The van der Waals surface area contributed by atoms with Crippen LogP contribution < -0.4 is 24.7 Å². The van der Waals surface area contributed by atoms with Crippen LogP contribution in [0.4, 0.5) is 5.69 Å². The van der Waals surface area contributed by atoms with E-state index in [2.05, 4.69) is 10.00 Å². The summed E-state index contributed by atoms with van der Waals surface area (Å²) in [6.07, 6.45) is 0. The lowest BCUT2D eigenvalue weighted by Gasteiger charge is -2.39. The molecule has 2 aliphatic rings. The molecule has 3 heterocycles. The largest absolute Gasteiger partial charge is 0.497 e. The minimum atomic E-state index is -1.15. The maximum Gasteiger partial charge on any atom is 0.267 e. The second kappa shape index (κ2) is 8.98. The van der Waals surface area contributed by atoms with Gasteiger partial charge in [0.2, 0.25) is 12.7 Å². The smallest absolute Gasteiger partial charge is 0.267 e. The molecule has 2 aromatic carbocycles. The number of piperazine rings is 1. The molecule has 0 N–H and O–H groups in total. The number of carbonyl (C=O) groups excluding carboxylic acids is 1. The van der Waals surface area contributed by atoms with E-state index < -0.39 is 5.54 Å². The number of anilines is 1. The standard InChI is InChI=1S/C26H28N4O5/c1-26(2,25(32)29-14-12-28(13-15-29)19-5-7-20(33-3)8-6-19)30-24(31)11-9-21(27-30)18-4-10-22-23(16-18)35-17-34-22/h4-11,16H,12-15,17H2,1-3H3. The highest BCUT2D eigenvalue weighted by molar-refractivity contribution is 5.84. The molecule has 1 amide bonds. The van der Waals surface area contributed by atoms with E-state index in [-0.39, 0.29) is 18.3 Å². The maximum atomic E-state index is 13.6. The van der Waals surface area contributed by atoms with E-state index >= 15 is 0 Å². The molecule has 1 saturated heterocycles. The third kappa shape index (κ3) is 4.29. The molecule has 1 aromatic heterocycles. The molecule has 0 aliphatic carbocycles.